The van der Waals surface area contributed by atoms with E-state index in [0.717, 1.165) is 44.3 Å². The Balaban J connectivity index is 1.27. The Hall–Kier alpha value is -7.89. The first kappa shape index (κ1) is 32.4. The largest absolute Gasteiger partial charge is 0.309 e. The molecule has 9 aromatic carbocycles. The molecule has 0 amide bonds. The summed E-state index contributed by atoms with van der Waals surface area (Å²) >= 11 is 0. The number of aromatic nitrogens is 5. The van der Waals surface area contributed by atoms with Gasteiger partial charge in [-0.25, -0.2) is 4.98 Å². The van der Waals surface area contributed by atoms with Gasteiger partial charge in [0.25, 0.3) is 0 Å². The van der Waals surface area contributed by atoms with Crippen molar-refractivity contribution >= 4 is 65.2 Å². The van der Waals surface area contributed by atoms with E-state index >= 15 is 0 Å². The molecular formula is C53H33N5. The molecule has 5 heteroatoms. The van der Waals surface area contributed by atoms with Crippen LogP contribution in [0.4, 0.5) is 0 Å². The first-order valence-electron chi connectivity index (χ1n) is 19.6. The quantitative estimate of drug-likeness (QED) is 0.165. The molecule has 0 aliphatic rings. The summed E-state index contributed by atoms with van der Waals surface area (Å²) in [5.74, 6) is 1.83. The Morgan fingerprint density at radius 3 is 1.45 bits per heavy atom. The molecule has 3 aromatic heterocycles. The molecule has 5 nitrogen and oxygen atoms in total. The molecule has 0 unspecified atom stereocenters. The summed E-state index contributed by atoms with van der Waals surface area (Å²) in [6.45, 7) is 0. The highest BCUT2D eigenvalue weighted by molar-refractivity contribution is 6.38. The predicted molar refractivity (Wildman–Crippen MR) is 240 cm³/mol. The minimum absolute atomic E-state index is 0.576. The van der Waals surface area contributed by atoms with Crippen molar-refractivity contribution in [1.82, 2.24) is 24.1 Å². The Labute approximate surface area is 333 Å². The van der Waals surface area contributed by atoms with E-state index in [1.807, 2.05) is 36.4 Å². The lowest BCUT2D eigenvalue weighted by atomic mass is 9.95. The van der Waals surface area contributed by atoms with Crippen molar-refractivity contribution < 1.29 is 0 Å². The molecule has 0 saturated heterocycles. The number of hydrogen-bond acceptors (Lipinski definition) is 3. The molecule has 0 N–H and O–H groups in total. The third kappa shape index (κ3) is 4.87. The van der Waals surface area contributed by atoms with Gasteiger partial charge in [-0.05, 0) is 57.6 Å². The van der Waals surface area contributed by atoms with E-state index in [2.05, 4.69) is 173 Å². The number of hydrogen-bond donors (Lipinski definition) is 0. The van der Waals surface area contributed by atoms with E-state index in [4.69, 9.17) is 15.0 Å². The van der Waals surface area contributed by atoms with Gasteiger partial charge in [0, 0.05) is 43.7 Å². The van der Waals surface area contributed by atoms with Crippen molar-refractivity contribution in [3.8, 4) is 45.5 Å². The van der Waals surface area contributed by atoms with E-state index < -0.39 is 0 Å². The molecule has 0 spiro atoms. The summed E-state index contributed by atoms with van der Waals surface area (Å²) in [7, 11) is 0. The third-order valence-electron chi connectivity index (χ3n) is 11.5. The van der Waals surface area contributed by atoms with Crippen LogP contribution in [0, 0.1) is 0 Å². The lowest BCUT2D eigenvalue weighted by molar-refractivity contribution is 0.955. The van der Waals surface area contributed by atoms with E-state index in [9.17, 15) is 0 Å². The maximum Gasteiger partial charge on any atom is 0.238 e. The topological polar surface area (TPSA) is 48.5 Å². The Bertz CT molecular complexity index is 3490. The van der Waals surface area contributed by atoms with Gasteiger partial charge >= 0.3 is 0 Å². The van der Waals surface area contributed by atoms with Gasteiger partial charge in [-0.1, -0.05) is 170 Å². The van der Waals surface area contributed by atoms with Crippen LogP contribution >= 0.6 is 0 Å². The number of benzene rings is 9. The number of para-hydroxylation sites is 1. The van der Waals surface area contributed by atoms with Crippen LogP contribution in [0.3, 0.4) is 0 Å². The monoisotopic (exact) mass is 739 g/mol. The van der Waals surface area contributed by atoms with Gasteiger partial charge in [0.15, 0.2) is 11.6 Å². The second kappa shape index (κ2) is 12.8. The van der Waals surface area contributed by atoms with Gasteiger partial charge in [0.2, 0.25) is 5.95 Å². The van der Waals surface area contributed by atoms with E-state index in [0.29, 0.717) is 17.6 Å². The van der Waals surface area contributed by atoms with Crippen molar-refractivity contribution in [2.24, 2.45) is 0 Å². The molecular weight excluding hydrogens is 707 g/mol. The molecule has 12 rings (SSSR count). The number of fused-ring (bicyclic) bond motifs is 12. The molecule has 0 saturated carbocycles. The van der Waals surface area contributed by atoms with Crippen molar-refractivity contribution in [2.75, 3.05) is 0 Å². The van der Waals surface area contributed by atoms with Crippen LogP contribution in [0.2, 0.25) is 0 Å². The standard InChI is InChI=1S/C53H33N5/c1-4-17-34(18-5-1)37-23-16-24-38(33-37)57-44-30-15-14-29-43(44)47-45(57)31-32-46-49(47)48-41-27-12-10-25-39(41)40-26-11-13-28-42(40)50(48)58(46)53-55-51(35-19-6-2-7-20-35)54-52(56-53)36-21-8-3-9-22-36/h1-33H. The SMILES string of the molecule is c1ccc(-c2cccc(-n3c4ccccc4c4c5c6c7ccccc7c7ccccc7c6n(-c6nc(-c7ccccc7)nc(-c7ccccc7)n6)c5ccc43)c2)cc1. The second-order valence-corrected chi connectivity index (χ2v) is 14.8. The lowest BCUT2D eigenvalue weighted by Gasteiger charge is -2.13. The highest BCUT2D eigenvalue weighted by atomic mass is 15.2. The van der Waals surface area contributed by atoms with Crippen LogP contribution in [0.5, 0.6) is 0 Å². The van der Waals surface area contributed by atoms with Crippen molar-refractivity contribution in [1.29, 1.82) is 0 Å². The summed E-state index contributed by atoms with van der Waals surface area (Å²) in [4.78, 5) is 15.7. The van der Waals surface area contributed by atoms with Crippen LogP contribution < -0.4 is 0 Å². The van der Waals surface area contributed by atoms with E-state index in [1.165, 1.54) is 48.8 Å². The fraction of sp³-hybridized carbons (Fsp3) is 0. The normalized spacial score (nSPS) is 11.8. The Morgan fingerprint density at radius 1 is 0.293 bits per heavy atom. The first-order chi connectivity index (χ1) is 28.8. The molecule has 270 valence electrons. The summed E-state index contributed by atoms with van der Waals surface area (Å²) < 4.78 is 4.72. The van der Waals surface area contributed by atoms with E-state index in [1.54, 1.807) is 0 Å². The van der Waals surface area contributed by atoms with Gasteiger partial charge in [-0.3, -0.25) is 4.57 Å². The number of rotatable bonds is 5. The fourth-order valence-electron chi connectivity index (χ4n) is 9.06. The minimum Gasteiger partial charge on any atom is -0.309 e. The highest BCUT2D eigenvalue weighted by Crippen LogP contribution is 2.47. The second-order valence-electron chi connectivity index (χ2n) is 14.8. The molecule has 0 aliphatic heterocycles. The lowest BCUT2D eigenvalue weighted by Crippen LogP contribution is -2.06. The van der Waals surface area contributed by atoms with Crippen molar-refractivity contribution in [3.05, 3.63) is 200 Å². The van der Waals surface area contributed by atoms with Gasteiger partial charge in [0.1, 0.15) is 0 Å². The van der Waals surface area contributed by atoms with Gasteiger partial charge in [-0.15, -0.1) is 0 Å². The molecule has 0 radical (unpaired) electrons. The smallest absolute Gasteiger partial charge is 0.238 e. The molecule has 0 bridgehead atoms. The number of nitrogens with zero attached hydrogens (tertiary/aromatic N) is 5. The Kier molecular flexibility index (Phi) is 7.16. The van der Waals surface area contributed by atoms with Crippen LogP contribution in [0.1, 0.15) is 0 Å². The van der Waals surface area contributed by atoms with Crippen molar-refractivity contribution in [3.63, 3.8) is 0 Å². The zero-order valence-electron chi connectivity index (χ0n) is 31.3. The average molecular weight is 740 g/mol. The Morgan fingerprint density at radius 2 is 0.793 bits per heavy atom. The zero-order valence-corrected chi connectivity index (χ0v) is 31.3. The summed E-state index contributed by atoms with van der Waals surface area (Å²) in [5.41, 5.74) is 9.75. The molecule has 58 heavy (non-hydrogen) atoms. The van der Waals surface area contributed by atoms with Crippen LogP contribution in [-0.4, -0.2) is 24.1 Å². The summed E-state index contributed by atoms with van der Waals surface area (Å²) in [6.07, 6.45) is 0. The molecule has 0 aliphatic carbocycles. The van der Waals surface area contributed by atoms with Gasteiger partial charge < -0.3 is 4.57 Å². The summed E-state index contributed by atoms with van der Waals surface area (Å²) in [5, 5.41) is 9.47. The van der Waals surface area contributed by atoms with Crippen LogP contribution in [-0.2, 0) is 0 Å². The highest BCUT2D eigenvalue weighted by Gasteiger charge is 2.25. The molecule has 3 heterocycles. The predicted octanol–water partition coefficient (Wildman–Crippen LogP) is 13.4. The fourth-order valence-corrected chi connectivity index (χ4v) is 9.06. The van der Waals surface area contributed by atoms with Crippen molar-refractivity contribution in [2.45, 2.75) is 0 Å². The molecule has 0 fully saturated rings. The molecule has 12 aromatic rings. The van der Waals surface area contributed by atoms with Crippen LogP contribution in [0.25, 0.3) is 111 Å². The third-order valence-corrected chi connectivity index (χ3v) is 11.5. The average Bonchev–Trinajstić information content (AvgIpc) is 3.84. The zero-order chi connectivity index (χ0) is 38.2. The molecule has 0 atom stereocenters. The minimum atomic E-state index is 0.576. The van der Waals surface area contributed by atoms with Gasteiger partial charge in [0.05, 0.1) is 22.1 Å². The first-order valence-corrected chi connectivity index (χ1v) is 19.6. The van der Waals surface area contributed by atoms with Crippen LogP contribution in [0.15, 0.2) is 200 Å². The van der Waals surface area contributed by atoms with E-state index in [-0.39, 0.29) is 0 Å². The summed E-state index contributed by atoms with van der Waals surface area (Å²) in [6, 6.07) is 70.8. The maximum atomic E-state index is 5.33. The van der Waals surface area contributed by atoms with Gasteiger partial charge in [-0.2, -0.15) is 9.97 Å². The maximum absolute atomic E-state index is 5.33.